The Morgan fingerprint density at radius 2 is 1.92 bits per heavy atom. The van der Waals surface area contributed by atoms with Crippen LogP contribution >= 0.6 is 0 Å². The zero-order valence-corrected chi connectivity index (χ0v) is 16.9. The number of likely N-dealkylation sites (N-methyl/N-ethyl adjacent to an activating group) is 1. The van der Waals surface area contributed by atoms with Crippen LogP contribution in [0.1, 0.15) is 39.0 Å². The van der Waals surface area contributed by atoms with Crippen molar-refractivity contribution in [1.82, 2.24) is 18.8 Å². The molecule has 8 nitrogen and oxygen atoms in total. The first-order valence-corrected chi connectivity index (χ1v) is 10.5. The van der Waals surface area contributed by atoms with Crippen LogP contribution in [0.15, 0.2) is 11.6 Å². The molecule has 1 fully saturated rings. The first-order chi connectivity index (χ1) is 12.2. The number of carbonyl (C=O) groups excluding carboxylic acids is 2. The van der Waals surface area contributed by atoms with E-state index in [0.29, 0.717) is 19.5 Å². The van der Waals surface area contributed by atoms with E-state index in [1.54, 1.807) is 7.05 Å². The van der Waals surface area contributed by atoms with Gasteiger partial charge in [-0.3, -0.25) is 9.59 Å². The highest BCUT2D eigenvalue weighted by molar-refractivity contribution is 7.87. The molecule has 2 aliphatic rings. The van der Waals surface area contributed by atoms with Gasteiger partial charge >= 0.3 is 10.2 Å². The van der Waals surface area contributed by atoms with Crippen LogP contribution in [-0.4, -0.2) is 80.1 Å². The van der Waals surface area contributed by atoms with Gasteiger partial charge in [0.1, 0.15) is 12.1 Å². The van der Waals surface area contributed by atoms with Crippen LogP contribution in [0.2, 0.25) is 0 Å². The summed E-state index contributed by atoms with van der Waals surface area (Å²) in [4.78, 5) is 27.6. The molecule has 1 atom stereocenters. The van der Waals surface area contributed by atoms with Crippen molar-refractivity contribution in [3.63, 3.8) is 0 Å². The summed E-state index contributed by atoms with van der Waals surface area (Å²) >= 11 is 0. The van der Waals surface area contributed by atoms with Crippen molar-refractivity contribution in [2.75, 3.05) is 40.8 Å². The maximum Gasteiger partial charge on any atom is 0.306 e. The molecule has 2 rings (SSSR count). The summed E-state index contributed by atoms with van der Waals surface area (Å²) in [6, 6.07) is 0. The van der Waals surface area contributed by atoms with Crippen molar-refractivity contribution >= 4 is 22.0 Å². The Morgan fingerprint density at radius 1 is 1.23 bits per heavy atom. The van der Waals surface area contributed by atoms with E-state index in [4.69, 9.17) is 0 Å². The van der Waals surface area contributed by atoms with Gasteiger partial charge in [-0.25, -0.2) is 4.31 Å². The fraction of sp³-hybridized carbons (Fsp3) is 0.765. The van der Waals surface area contributed by atoms with E-state index in [1.807, 2.05) is 6.08 Å². The third-order valence-corrected chi connectivity index (χ3v) is 7.05. The molecule has 0 aromatic carbocycles. The van der Waals surface area contributed by atoms with E-state index in [0.717, 1.165) is 39.9 Å². The number of carbonyl (C=O) groups is 2. The fourth-order valence-corrected chi connectivity index (χ4v) is 4.66. The van der Waals surface area contributed by atoms with E-state index in [-0.39, 0.29) is 5.91 Å². The zero-order chi connectivity index (χ0) is 19.5. The third kappa shape index (κ3) is 3.52. The monoisotopic (exact) mass is 386 g/mol. The number of amides is 2. The largest absolute Gasteiger partial charge is 0.326 e. The second kappa shape index (κ2) is 8.06. The molecular weight excluding hydrogens is 356 g/mol. The molecule has 1 N–H and O–H groups in total. The molecule has 0 aromatic heterocycles. The van der Waals surface area contributed by atoms with Gasteiger partial charge in [0.25, 0.3) is 5.91 Å². The van der Waals surface area contributed by atoms with E-state index >= 15 is 0 Å². The maximum absolute atomic E-state index is 13.5. The molecule has 2 heterocycles. The summed E-state index contributed by atoms with van der Waals surface area (Å²) in [5, 5.41) is 3.17. The summed E-state index contributed by atoms with van der Waals surface area (Å²) in [5.74, 6) is -0.891. The Labute approximate surface area is 156 Å². The predicted octanol–water partition coefficient (Wildman–Crippen LogP) is 0.332. The summed E-state index contributed by atoms with van der Waals surface area (Å²) in [6.07, 6.45) is 6.13. The Balaban J connectivity index is 2.47. The van der Waals surface area contributed by atoms with Crippen LogP contribution in [0, 0.1) is 0 Å². The highest BCUT2D eigenvalue weighted by atomic mass is 32.2. The molecule has 148 valence electrons. The average Bonchev–Trinajstić information content (AvgIpc) is 3.12. The molecule has 0 radical (unpaired) electrons. The van der Waals surface area contributed by atoms with Crippen molar-refractivity contribution in [2.45, 2.75) is 44.6 Å². The van der Waals surface area contributed by atoms with Crippen LogP contribution in [0.3, 0.4) is 0 Å². The third-order valence-electron chi connectivity index (χ3n) is 5.28. The Morgan fingerprint density at radius 3 is 2.46 bits per heavy atom. The van der Waals surface area contributed by atoms with Gasteiger partial charge in [-0.15, -0.1) is 0 Å². The number of unbranched alkanes of at least 4 members (excludes halogenated alkanes) is 3. The highest BCUT2D eigenvalue weighted by Crippen LogP contribution is 2.37. The van der Waals surface area contributed by atoms with Crippen molar-refractivity contribution in [2.24, 2.45) is 0 Å². The number of hydrogen-bond donors (Lipinski definition) is 1. The predicted molar refractivity (Wildman–Crippen MR) is 99.5 cm³/mol. The molecule has 0 aromatic rings. The minimum Gasteiger partial charge on any atom is -0.326 e. The number of nitrogens with one attached hydrogen (secondary N) is 1. The van der Waals surface area contributed by atoms with Crippen molar-refractivity contribution < 1.29 is 18.0 Å². The molecule has 0 saturated carbocycles. The number of nitrogens with zero attached hydrogens (tertiary/aromatic N) is 3. The smallest absolute Gasteiger partial charge is 0.306 e. The second-order valence-corrected chi connectivity index (χ2v) is 9.15. The molecule has 9 heteroatoms. The molecule has 2 aliphatic heterocycles. The quantitative estimate of drug-likeness (QED) is 0.480. The van der Waals surface area contributed by atoms with Crippen molar-refractivity contribution in [3.8, 4) is 0 Å². The van der Waals surface area contributed by atoms with Crippen LogP contribution in [0.25, 0.3) is 0 Å². The fourth-order valence-electron chi connectivity index (χ4n) is 3.63. The van der Waals surface area contributed by atoms with Crippen LogP contribution in [0.5, 0.6) is 0 Å². The zero-order valence-electron chi connectivity index (χ0n) is 16.1. The van der Waals surface area contributed by atoms with Crippen molar-refractivity contribution in [1.29, 1.82) is 0 Å². The molecule has 2 amide bonds. The van der Waals surface area contributed by atoms with Gasteiger partial charge in [-0.1, -0.05) is 38.7 Å². The van der Waals surface area contributed by atoms with E-state index in [9.17, 15) is 18.0 Å². The lowest BCUT2D eigenvalue weighted by Gasteiger charge is -2.48. The molecule has 26 heavy (non-hydrogen) atoms. The maximum atomic E-state index is 13.5. The van der Waals surface area contributed by atoms with Crippen LogP contribution in [0.4, 0.5) is 0 Å². The summed E-state index contributed by atoms with van der Waals surface area (Å²) in [7, 11) is 0.322. The Bertz CT molecular complexity index is 689. The lowest BCUT2D eigenvalue weighted by molar-refractivity contribution is -0.156. The van der Waals surface area contributed by atoms with Gasteiger partial charge in [-0.05, 0) is 12.0 Å². The molecule has 0 spiro atoms. The first kappa shape index (κ1) is 20.9. The molecule has 1 unspecified atom stereocenters. The minimum absolute atomic E-state index is 0.363. The van der Waals surface area contributed by atoms with E-state index in [1.165, 1.54) is 19.0 Å². The van der Waals surface area contributed by atoms with Gasteiger partial charge in [0.15, 0.2) is 0 Å². The topological polar surface area (TPSA) is 90.0 Å². The van der Waals surface area contributed by atoms with Gasteiger partial charge in [0.05, 0.1) is 0 Å². The van der Waals surface area contributed by atoms with E-state index in [2.05, 4.69) is 12.2 Å². The lowest BCUT2D eigenvalue weighted by Crippen LogP contribution is -2.69. The molecule has 1 saturated heterocycles. The van der Waals surface area contributed by atoms with Gasteiger partial charge in [0.2, 0.25) is 5.91 Å². The normalized spacial score (nSPS) is 24.6. The van der Waals surface area contributed by atoms with Gasteiger partial charge in [-0.2, -0.15) is 12.7 Å². The highest BCUT2D eigenvalue weighted by Gasteiger charge is 2.56. The summed E-state index contributed by atoms with van der Waals surface area (Å²) in [6.45, 7) is 2.74. The SMILES string of the molecule is CCCCCCC1(C2=CCNC2)C(=O)N(S(=O)(=O)N(C)C)CC(=O)N1C. The minimum atomic E-state index is -4.02. The Hall–Kier alpha value is -1.45. The standard InChI is InChI=1S/C17H30N4O4S/c1-5-6-7-8-10-17(14-9-11-18-12-14)16(23)21(13-15(22)20(17)4)26(24,25)19(2)3/h9,18H,5-8,10-13H2,1-4H3. The van der Waals surface area contributed by atoms with Crippen molar-refractivity contribution in [3.05, 3.63) is 11.6 Å². The molecule has 0 bridgehead atoms. The first-order valence-electron chi connectivity index (χ1n) is 9.11. The number of hydrogen-bond acceptors (Lipinski definition) is 5. The summed E-state index contributed by atoms with van der Waals surface area (Å²) < 4.78 is 27.0. The van der Waals surface area contributed by atoms with E-state index < -0.39 is 28.2 Å². The van der Waals surface area contributed by atoms with Crippen LogP contribution in [-0.2, 0) is 19.8 Å². The Kier molecular flexibility index (Phi) is 6.46. The molecule has 0 aliphatic carbocycles. The van der Waals surface area contributed by atoms with Gasteiger partial charge in [0, 0.05) is 34.2 Å². The molecular formula is C17H30N4O4S. The van der Waals surface area contributed by atoms with Crippen LogP contribution < -0.4 is 5.32 Å². The lowest BCUT2D eigenvalue weighted by atomic mass is 9.80. The second-order valence-electron chi connectivity index (χ2n) is 7.09. The summed E-state index contributed by atoms with van der Waals surface area (Å²) in [5.41, 5.74) is -0.441. The van der Waals surface area contributed by atoms with Gasteiger partial charge < -0.3 is 10.2 Å². The average molecular weight is 387 g/mol. The number of piperazine rings is 1. The number of rotatable bonds is 8.